The fourth-order valence-corrected chi connectivity index (χ4v) is 5.06. The summed E-state index contributed by atoms with van der Waals surface area (Å²) in [7, 11) is 0. The van der Waals surface area contributed by atoms with Crippen molar-refractivity contribution in [2.75, 3.05) is 32.8 Å². The van der Waals surface area contributed by atoms with Crippen LogP contribution in [0.15, 0.2) is 17.1 Å². The summed E-state index contributed by atoms with van der Waals surface area (Å²) in [5.41, 5.74) is 3.72. The van der Waals surface area contributed by atoms with Crippen LogP contribution in [0.2, 0.25) is 0 Å². The number of phenolic OH excluding ortho intramolecular Hbond substituents is 1. The van der Waals surface area contributed by atoms with Crippen molar-refractivity contribution in [3.63, 3.8) is 0 Å². The van der Waals surface area contributed by atoms with E-state index in [-0.39, 0.29) is 6.10 Å². The number of aromatic hydroxyl groups is 1. The topological polar surface area (TPSA) is 66.3 Å². The minimum absolute atomic E-state index is 0.287. The van der Waals surface area contributed by atoms with E-state index in [1.54, 1.807) is 0 Å². The zero-order chi connectivity index (χ0) is 21.5. The van der Waals surface area contributed by atoms with E-state index in [1.165, 1.54) is 36.8 Å². The second-order valence-electron chi connectivity index (χ2n) is 9.09. The predicted octanol–water partition coefficient (Wildman–Crippen LogP) is 3.79. The number of hydrogen-bond donors (Lipinski definition) is 2. The van der Waals surface area contributed by atoms with Gasteiger partial charge in [-0.1, -0.05) is 6.07 Å². The smallest absolute Gasteiger partial charge is 0.194 e. The van der Waals surface area contributed by atoms with Gasteiger partial charge in [0.05, 0.1) is 25.4 Å². The van der Waals surface area contributed by atoms with Crippen LogP contribution in [0.3, 0.4) is 0 Å². The molecule has 0 bridgehead atoms. The lowest BCUT2D eigenvalue weighted by atomic mass is 9.88. The third-order valence-corrected chi connectivity index (χ3v) is 6.88. The van der Waals surface area contributed by atoms with Crippen molar-refractivity contribution < 1.29 is 14.6 Å². The lowest BCUT2D eigenvalue weighted by Gasteiger charge is -2.35. The fourth-order valence-electron chi connectivity index (χ4n) is 5.06. The normalized spacial score (nSPS) is 22.9. The molecule has 172 valence electrons. The fraction of sp³-hybridized carbons (Fsp3) is 0.720. The van der Waals surface area contributed by atoms with Gasteiger partial charge in [0.1, 0.15) is 5.75 Å². The molecule has 0 radical (unpaired) electrons. The summed E-state index contributed by atoms with van der Waals surface area (Å²) in [6.45, 7) is 6.99. The number of nitrogens with one attached hydrogen (secondary N) is 1. The maximum absolute atomic E-state index is 10.5. The van der Waals surface area contributed by atoms with Crippen LogP contribution in [0, 0.1) is 0 Å². The van der Waals surface area contributed by atoms with Crippen LogP contribution in [-0.2, 0) is 28.9 Å². The summed E-state index contributed by atoms with van der Waals surface area (Å²) in [5.74, 6) is 1.33. The minimum atomic E-state index is 0.287. The molecule has 2 N–H and O–H groups in total. The number of guanidine groups is 1. The van der Waals surface area contributed by atoms with E-state index in [4.69, 9.17) is 14.5 Å². The van der Waals surface area contributed by atoms with Crippen molar-refractivity contribution in [1.82, 2.24) is 10.2 Å². The van der Waals surface area contributed by atoms with Crippen LogP contribution in [0.25, 0.3) is 0 Å². The molecule has 1 unspecified atom stereocenters. The number of hydrogen-bond acceptors (Lipinski definition) is 4. The summed E-state index contributed by atoms with van der Waals surface area (Å²) < 4.78 is 12.0. The first kappa shape index (κ1) is 22.4. The molecule has 6 nitrogen and oxygen atoms in total. The summed E-state index contributed by atoms with van der Waals surface area (Å²) >= 11 is 0. The molecule has 2 heterocycles. The van der Waals surface area contributed by atoms with E-state index in [2.05, 4.69) is 23.2 Å². The van der Waals surface area contributed by atoms with Gasteiger partial charge < -0.3 is 24.8 Å². The van der Waals surface area contributed by atoms with Gasteiger partial charge in [0.2, 0.25) is 0 Å². The second kappa shape index (κ2) is 11.2. The standard InChI is InChI=1S/C25H39N3O3/c1-2-26-25(27-17-23-22-9-4-3-7-19(22)10-11-24(23)29)28-14-12-20(13-15-28)31-18-21-8-5-6-16-30-21/h10-11,20-21,29H,2-9,12-18H2,1H3,(H,26,27). The van der Waals surface area contributed by atoms with Crippen molar-refractivity contribution >= 4 is 5.96 Å². The molecule has 0 spiro atoms. The number of piperidine rings is 1. The van der Waals surface area contributed by atoms with E-state index in [9.17, 15) is 5.11 Å². The lowest BCUT2D eigenvalue weighted by molar-refractivity contribution is -0.0721. The quantitative estimate of drug-likeness (QED) is 0.532. The first-order valence-electron chi connectivity index (χ1n) is 12.3. The Balaban J connectivity index is 1.33. The molecule has 4 rings (SSSR count). The summed E-state index contributed by atoms with van der Waals surface area (Å²) in [6.07, 6.45) is 10.8. The molecule has 2 fully saturated rings. The number of fused-ring (bicyclic) bond motifs is 1. The Morgan fingerprint density at radius 2 is 2.00 bits per heavy atom. The van der Waals surface area contributed by atoms with E-state index < -0.39 is 0 Å². The molecular weight excluding hydrogens is 390 g/mol. The first-order valence-corrected chi connectivity index (χ1v) is 12.3. The molecule has 0 saturated carbocycles. The number of rotatable bonds is 6. The Morgan fingerprint density at radius 1 is 1.16 bits per heavy atom. The molecule has 1 aliphatic carbocycles. The summed E-state index contributed by atoms with van der Waals surface area (Å²) in [4.78, 5) is 7.27. The second-order valence-corrected chi connectivity index (χ2v) is 9.09. The highest BCUT2D eigenvalue weighted by Crippen LogP contribution is 2.31. The van der Waals surface area contributed by atoms with Crippen molar-refractivity contribution in [2.24, 2.45) is 4.99 Å². The Labute approximate surface area is 187 Å². The molecule has 6 heteroatoms. The van der Waals surface area contributed by atoms with Crippen LogP contribution in [0.4, 0.5) is 0 Å². The zero-order valence-electron chi connectivity index (χ0n) is 19.1. The van der Waals surface area contributed by atoms with E-state index in [0.29, 0.717) is 18.4 Å². The molecule has 2 saturated heterocycles. The number of aryl methyl sites for hydroxylation is 1. The molecule has 1 aromatic rings. The third-order valence-electron chi connectivity index (χ3n) is 6.88. The van der Waals surface area contributed by atoms with Crippen LogP contribution in [-0.4, -0.2) is 61.0 Å². The number of aliphatic imine (C=N–C) groups is 1. The molecule has 0 aromatic heterocycles. The minimum Gasteiger partial charge on any atom is -0.508 e. The third kappa shape index (κ3) is 5.92. The van der Waals surface area contributed by atoms with E-state index in [0.717, 1.165) is 76.5 Å². The van der Waals surface area contributed by atoms with Gasteiger partial charge >= 0.3 is 0 Å². The Morgan fingerprint density at radius 3 is 2.77 bits per heavy atom. The molecule has 3 aliphatic rings. The number of nitrogens with zero attached hydrogens (tertiary/aromatic N) is 2. The summed E-state index contributed by atoms with van der Waals surface area (Å²) in [6, 6.07) is 3.94. The maximum atomic E-state index is 10.5. The van der Waals surface area contributed by atoms with Gasteiger partial charge in [-0.25, -0.2) is 4.99 Å². The molecule has 31 heavy (non-hydrogen) atoms. The summed E-state index contributed by atoms with van der Waals surface area (Å²) in [5, 5.41) is 13.9. The molecule has 1 atom stereocenters. The number of likely N-dealkylation sites (tertiary alicyclic amines) is 1. The zero-order valence-corrected chi connectivity index (χ0v) is 19.1. The number of phenols is 1. The van der Waals surface area contributed by atoms with Crippen LogP contribution in [0.5, 0.6) is 5.75 Å². The molecule has 2 aliphatic heterocycles. The van der Waals surface area contributed by atoms with Crippen molar-refractivity contribution in [1.29, 1.82) is 0 Å². The average molecular weight is 430 g/mol. The SMILES string of the molecule is CCNC(=NCc1c(O)ccc2c1CCCC2)N1CCC(OCC2CCCCO2)CC1. The van der Waals surface area contributed by atoms with Gasteiger partial charge in [-0.3, -0.25) is 0 Å². The molecule has 1 aromatic carbocycles. The highest BCUT2D eigenvalue weighted by molar-refractivity contribution is 5.80. The predicted molar refractivity (Wildman–Crippen MR) is 124 cm³/mol. The highest BCUT2D eigenvalue weighted by atomic mass is 16.5. The van der Waals surface area contributed by atoms with Gasteiger partial charge in [0.15, 0.2) is 5.96 Å². The van der Waals surface area contributed by atoms with Crippen molar-refractivity contribution in [3.05, 3.63) is 28.8 Å². The first-order chi connectivity index (χ1) is 15.2. The van der Waals surface area contributed by atoms with Crippen molar-refractivity contribution in [2.45, 2.75) is 83.5 Å². The Kier molecular flexibility index (Phi) is 8.09. The van der Waals surface area contributed by atoms with E-state index >= 15 is 0 Å². The van der Waals surface area contributed by atoms with Crippen LogP contribution >= 0.6 is 0 Å². The van der Waals surface area contributed by atoms with Crippen LogP contribution < -0.4 is 5.32 Å². The highest BCUT2D eigenvalue weighted by Gasteiger charge is 2.24. The Hall–Kier alpha value is -1.79. The molecule has 0 amide bonds. The van der Waals surface area contributed by atoms with Gasteiger partial charge in [-0.2, -0.15) is 0 Å². The van der Waals surface area contributed by atoms with Gasteiger partial charge in [-0.05, 0) is 81.9 Å². The van der Waals surface area contributed by atoms with Gasteiger partial charge in [-0.15, -0.1) is 0 Å². The largest absolute Gasteiger partial charge is 0.508 e. The van der Waals surface area contributed by atoms with Crippen LogP contribution in [0.1, 0.15) is 68.6 Å². The number of benzene rings is 1. The Bertz CT molecular complexity index is 738. The van der Waals surface area contributed by atoms with Crippen molar-refractivity contribution in [3.8, 4) is 5.75 Å². The lowest BCUT2D eigenvalue weighted by Crippen LogP contribution is -2.47. The monoisotopic (exact) mass is 429 g/mol. The number of ether oxygens (including phenoxy) is 2. The molecular formula is C25H39N3O3. The maximum Gasteiger partial charge on any atom is 0.194 e. The van der Waals surface area contributed by atoms with Gasteiger partial charge in [0, 0.05) is 31.8 Å². The van der Waals surface area contributed by atoms with E-state index in [1.807, 2.05) is 6.07 Å². The average Bonchev–Trinajstić information content (AvgIpc) is 2.82. The van der Waals surface area contributed by atoms with Gasteiger partial charge in [0.25, 0.3) is 0 Å².